The highest BCUT2D eigenvalue weighted by molar-refractivity contribution is 7.91. The Morgan fingerprint density at radius 3 is 2.38 bits per heavy atom. The van der Waals surface area contributed by atoms with Crippen LogP contribution in [0.5, 0.6) is 0 Å². The first kappa shape index (κ1) is 21.8. The number of sulfone groups is 1. The maximum absolute atomic E-state index is 12.1. The Bertz CT molecular complexity index is 1040. The van der Waals surface area contributed by atoms with Crippen molar-refractivity contribution in [3.05, 3.63) is 45.8 Å². The zero-order valence-corrected chi connectivity index (χ0v) is 18.3. The van der Waals surface area contributed by atoms with Crippen LogP contribution in [0.1, 0.15) is 68.8 Å². The van der Waals surface area contributed by atoms with Crippen molar-refractivity contribution >= 4 is 26.6 Å². The molecule has 3 rings (SSSR count). The van der Waals surface area contributed by atoms with E-state index in [9.17, 15) is 18.0 Å². The molecule has 0 atom stereocenters. The van der Waals surface area contributed by atoms with Crippen molar-refractivity contribution in [3.63, 3.8) is 0 Å². The van der Waals surface area contributed by atoms with Crippen molar-refractivity contribution in [1.29, 1.82) is 0 Å². The van der Waals surface area contributed by atoms with Gasteiger partial charge in [0.1, 0.15) is 11.1 Å². The summed E-state index contributed by atoms with van der Waals surface area (Å²) in [4.78, 5) is 23.4. The lowest BCUT2D eigenvalue weighted by atomic mass is 9.80. The van der Waals surface area contributed by atoms with Gasteiger partial charge in [0.15, 0.2) is 15.6 Å². The minimum Gasteiger partial charge on any atom is -0.422 e. The lowest BCUT2D eigenvalue weighted by Gasteiger charge is -2.28. The summed E-state index contributed by atoms with van der Waals surface area (Å²) in [6.45, 7) is 4.88. The number of ketones is 1. The molecule has 1 saturated carbocycles. The zero-order valence-electron chi connectivity index (χ0n) is 17.4. The van der Waals surface area contributed by atoms with Crippen LogP contribution in [-0.2, 0) is 16.3 Å². The second kappa shape index (κ2) is 8.82. The molecule has 1 heterocycles. The van der Waals surface area contributed by atoms with E-state index in [0.717, 1.165) is 49.5 Å². The summed E-state index contributed by atoms with van der Waals surface area (Å²) in [7, 11) is -2.96. The van der Waals surface area contributed by atoms with Gasteiger partial charge in [-0.15, -0.1) is 0 Å². The van der Waals surface area contributed by atoms with Crippen LogP contribution in [0.25, 0.3) is 11.0 Å². The number of aryl methyl sites for hydroxylation is 1. The summed E-state index contributed by atoms with van der Waals surface area (Å²) < 4.78 is 29.5. The van der Waals surface area contributed by atoms with E-state index in [0.29, 0.717) is 23.2 Å². The van der Waals surface area contributed by atoms with Crippen LogP contribution in [0, 0.1) is 11.8 Å². The van der Waals surface area contributed by atoms with Crippen molar-refractivity contribution in [3.8, 4) is 0 Å². The SMILES string of the molecule is CC(=O)c1cc2cc(CCC3CCC(CS(=O)(=O)C(C)C)CC3)ccc2oc1=O. The first-order valence-electron chi connectivity index (χ1n) is 10.4. The summed E-state index contributed by atoms with van der Waals surface area (Å²) >= 11 is 0. The van der Waals surface area contributed by atoms with Gasteiger partial charge in [-0.05, 0) is 82.1 Å². The van der Waals surface area contributed by atoms with Crippen LogP contribution in [0.15, 0.2) is 33.5 Å². The second-order valence-electron chi connectivity index (χ2n) is 8.68. The van der Waals surface area contributed by atoms with E-state index < -0.39 is 15.5 Å². The Hall–Kier alpha value is -1.95. The van der Waals surface area contributed by atoms with E-state index in [2.05, 4.69) is 0 Å². The molecule has 0 saturated heterocycles. The molecule has 0 aliphatic heterocycles. The average Bonchev–Trinajstić information content (AvgIpc) is 2.66. The Kier molecular flexibility index (Phi) is 6.62. The van der Waals surface area contributed by atoms with Crippen LogP contribution in [0.3, 0.4) is 0 Å². The first-order valence-corrected chi connectivity index (χ1v) is 12.2. The van der Waals surface area contributed by atoms with Gasteiger partial charge >= 0.3 is 5.63 Å². The molecule has 1 aliphatic rings. The van der Waals surface area contributed by atoms with Gasteiger partial charge in [0.25, 0.3) is 0 Å². The molecule has 1 aliphatic carbocycles. The number of hydrogen-bond donors (Lipinski definition) is 0. The molecule has 0 radical (unpaired) electrons. The lowest BCUT2D eigenvalue weighted by Crippen LogP contribution is -2.26. The molecule has 6 heteroatoms. The maximum Gasteiger partial charge on any atom is 0.347 e. The second-order valence-corrected chi connectivity index (χ2v) is 11.3. The predicted molar refractivity (Wildman–Crippen MR) is 115 cm³/mol. The molecule has 0 N–H and O–H groups in total. The Balaban J connectivity index is 1.58. The fourth-order valence-electron chi connectivity index (χ4n) is 4.15. The zero-order chi connectivity index (χ0) is 21.2. The van der Waals surface area contributed by atoms with Crippen molar-refractivity contribution < 1.29 is 17.6 Å². The number of rotatable bonds is 7. The number of benzene rings is 1. The topological polar surface area (TPSA) is 81.4 Å². The third-order valence-corrected chi connectivity index (χ3v) is 8.54. The molecule has 1 fully saturated rings. The number of carbonyl (C=O) groups is 1. The minimum atomic E-state index is -2.96. The van der Waals surface area contributed by atoms with E-state index >= 15 is 0 Å². The van der Waals surface area contributed by atoms with E-state index in [1.807, 2.05) is 12.1 Å². The van der Waals surface area contributed by atoms with Gasteiger partial charge in [0.05, 0.1) is 11.0 Å². The van der Waals surface area contributed by atoms with Crippen LogP contribution in [0.2, 0.25) is 0 Å². The first-order chi connectivity index (χ1) is 13.7. The van der Waals surface area contributed by atoms with Gasteiger partial charge in [-0.2, -0.15) is 0 Å². The lowest BCUT2D eigenvalue weighted by molar-refractivity contribution is 0.101. The third-order valence-electron chi connectivity index (χ3n) is 6.17. The quantitative estimate of drug-likeness (QED) is 0.486. The molecule has 29 heavy (non-hydrogen) atoms. The monoisotopic (exact) mass is 418 g/mol. The van der Waals surface area contributed by atoms with Crippen LogP contribution in [0.4, 0.5) is 0 Å². The standard InChI is InChI=1S/C23H30O5S/c1-15(2)29(26,27)14-19-8-5-17(6-9-19)4-7-18-10-11-22-20(12-18)13-21(16(3)24)23(25)28-22/h10-13,15,17,19H,4-9,14H2,1-3H3. The number of fused-ring (bicyclic) bond motifs is 1. The number of hydrogen-bond acceptors (Lipinski definition) is 5. The molecule has 158 valence electrons. The van der Waals surface area contributed by atoms with Crippen LogP contribution in [-0.4, -0.2) is 25.2 Å². The highest BCUT2D eigenvalue weighted by atomic mass is 32.2. The van der Waals surface area contributed by atoms with E-state index in [1.165, 1.54) is 6.92 Å². The summed E-state index contributed by atoms with van der Waals surface area (Å²) in [6, 6.07) is 7.38. The van der Waals surface area contributed by atoms with Gasteiger partial charge in [0.2, 0.25) is 0 Å². The molecule has 5 nitrogen and oxygen atoms in total. The Morgan fingerprint density at radius 1 is 1.10 bits per heavy atom. The highest BCUT2D eigenvalue weighted by Crippen LogP contribution is 2.33. The molecule has 1 aromatic heterocycles. The summed E-state index contributed by atoms with van der Waals surface area (Å²) in [5.74, 6) is 0.950. The molecule has 0 spiro atoms. The molecule has 1 aromatic carbocycles. The van der Waals surface area contributed by atoms with Gasteiger partial charge < -0.3 is 4.42 Å². The van der Waals surface area contributed by atoms with Gasteiger partial charge in [-0.3, -0.25) is 4.79 Å². The molecule has 0 bridgehead atoms. The van der Waals surface area contributed by atoms with Crippen LogP contribution < -0.4 is 5.63 Å². The van der Waals surface area contributed by atoms with Gasteiger partial charge in [-0.1, -0.05) is 18.9 Å². The summed E-state index contributed by atoms with van der Waals surface area (Å²) in [5.41, 5.74) is 1.15. The Labute approximate surface area is 172 Å². The summed E-state index contributed by atoms with van der Waals surface area (Å²) in [6.07, 6.45) is 6.11. The number of carbonyl (C=O) groups excluding carboxylic acids is 1. The van der Waals surface area contributed by atoms with E-state index in [-0.39, 0.29) is 16.6 Å². The van der Waals surface area contributed by atoms with E-state index in [1.54, 1.807) is 26.0 Å². The molecular formula is C23H30O5S. The molecule has 0 unspecified atom stereocenters. The fourth-order valence-corrected chi connectivity index (χ4v) is 5.53. The van der Waals surface area contributed by atoms with Crippen molar-refractivity contribution in [1.82, 2.24) is 0 Å². The van der Waals surface area contributed by atoms with Crippen LogP contribution >= 0.6 is 0 Å². The minimum absolute atomic E-state index is 0.0873. The molecule has 0 amide bonds. The van der Waals surface area contributed by atoms with E-state index in [4.69, 9.17) is 4.42 Å². The van der Waals surface area contributed by atoms with Crippen molar-refractivity contribution in [2.45, 2.75) is 64.5 Å². The molecule has 2 aromatic rings. The summed E-state index contributed by atoms with van der Waals surface area (Å²) in [5, 5.41) is 0.482. The van der Waals surface area contributed by atoms with Crippen molar-refractivity contribution in [2.75, 3.05) is 5.75 Å². The highest BCUT2D eigenvalue weighted by Gasteiger charge is 2.27. The van der Waals surface area contributed by atoms with Crippen molar-refractivity contribution in [2.24, 2.45) is 11.8 Å². The fraction of sp³-hybridized carbons (Fsp3) is 0.565. The predicted octanol–water partition coefficient (Wildman–Crippen LogP) is 4.56. The molecular weight excluding hydrogens is 388 g/mol. The Morgan fingerprint density at radius 2 is 1.76 bits per heavy atom. The smallest absolute Gasteiger partial charge is 0.347 e. The third kappa shape index (κ3) is 5.35. The van der Waals surface area contributed by atoms with Gasteiger partial charge in [0, 0.05) is 5.39 Å². The largest absolute Gasteiger partial charge is 0.422 e. The maximum atomic E-state index is 12.1. The number of Topliss-reactive ketones (excluding diaryl/α,β-unsaturated/α-hetero) is 1. The normalized spacial score (nSPS) is 20.3. The average molecular weight is 419 g/mol. The van der Waals surface area contributed by atoms with Gasteiger partial charge in [-0.25, -0.2) is 13.2 Å².